The number of nitrogens with one attached hydrogen (secondary N) is 1. The minimum Gasteiger partial charge on any atom is -0.410 e. The number of ether oxygens (including phenoxy) is 1. The number of aromatic nitrogens is 4. The second kappa shape index (κ2) is 6.69. The standard InChI is InChI=1S/C16H15N5O2/c1-20(14-5-3-2-4-6-14)16(22)23-15-9-7-13(8-10-15)11-21-12-17-18-19-21/h2-10,12H,11H2,1H3/p+1. The summed E-state index contributed by atoms with van der Waals surface area (Å²) in [6.45, 7) is 0.616. The fourth-order valence-electron chi connectivity index (χ4n) is 2.06. The van der Waals surface area contributed by atoms with E-state index in [9.17, 15) is 4.79 Å². The summed E-state index contributed by atoms with van der Waals surface area (Å²) in [5.41, 5.74) is 1.81. The Morgan fingerprint density at radius 3 is 2.57 bits per heavy atom. The van der Waals surface area contributed by atoms with Gasteiger partial charge in [0.25, 0.3) is 6.33 Å². The van der Waals surface area contributed by atoms with Crippen LogP contribution in [0.5, 0.6) is 5.75 Å². The second-order valence-corrected chi connectivity index (χ2v) is 4.97. The maximum absolute atomic E-state index is 12.1. The summed E-state index contributed by atoms with van der Waals surface area (Å²) in [4.78, 5) is 13.6. The van der Waals surface area contributed by atoms with Crippen LogP contribution in [0.25, 0.3) is 0 Å². The molecule has 1 aromatic heterocycles. The number of para-hydroxylation sites is 1. The van der Waals surface area contributed by atoms with Crippen molar-refractivity contribution in [1.29, 1.82) is 0 Å². The van der Waals surface area contributed by atoms with Gasteiger partial charge >= 0.3 is 6.09 Å². The molecule has 0 saturated carbocycles. The molecule has 0 radical (unpaired) electrons. The molecular formula is C16H16N5O2+. The summed E-state index contributed by atoms with van der Waals surface area (Å²) in [5, 5.41) is 10.1. The fourth-order valence-corrected chi connectivity index (χ4v) is 2.06. The lowest BCUT2D eigenvalue weighted by Crippen LogP contribution is -2.35. The minimum atomic E-state index is -0.434. The van der Waals surface area contributed by atoms with Gasteiger partial charge < -0.3 is 4.74 Å². The van der Waals surface area contributed by atoms with Crippen molar-refractivity contribution in [2.75, 3.05) is 11.9 Å². The Morgan fingerprint density at radius 1 is 1.17 bits per heavy atom. The minimum absolute atomic E-state index is 0.434. The highest BCUT2D eigenvalue weighted by Gasteiger charge is 2.13. The molecule has 23 heavy (non-hydrogen) atoms. The molecule has 0 saturated heterocycles. The molecule has 0 atom stereocenters. The summed E-state index contributed by atoms with van der Waals surface area (Å²) in [6, 6.07) is 16.6. The Hall–Kier alpha value is -3.22. The van der Waals surface area contributed by atoms with E-state index in [-0.39, 0.29) is 0 Å². The van der Waals surface area contributed by atoms with Gasteiger partial charge in [0.1, 0.15) is 17.4 Å². The number of tetrazole rings is 1. The number of nitrogens with zero attached hydrogens (tertiary/aromatic N) is 4. The number of carbonyl (C=O) groups excluding carboxylic acids is 1. The zero-order valence-electron chi connectivity index (χ0n) is 12.6. The van der Waals surface area contributed by atoms with Crippen molar-refractivity contribution in [2.24, 2.45) is 0 Å². The first-order valence-electron chi connectivity index (χ1n) is 7.07. The van der Waals surface area contributed by atoms with Crippen LogP contribution < -0.4 is 14.3 Å². The van der Waals surface area contributed by atoms with E-state index in [4.69, 9.17) is 4.74 Å². The van der Waals surface area contributed by atoms with Crippen LogP contribution >= 0.6 is 0 Å². The van der Waals surface area contributed by atoms with Crippen LogP contribution in [0.15, 0.2) is 60.9 Å². The predicted octanol–water partition coefficient (Wildman–Crippen LogP) is 1.78. The third kappa shape index (κ3) is 3.70. The highest BCUT2D eigenvalue weighted by Crippen LogP contribution is 2.16. The van der Waals surface area contributed by atoms with Crippen molar-refractivity contribution >= 4 is 11.8 Å². The molecule has 116 valence electrons. The quantitative estimate of drug-likeness (QED) is 0.745. The third-order valence-corrected chi connectivity index (χ3v) is 3.32. The molecule has 2 aromatic carbocycles. The molecule has 0 aliphatic rings. The number of hydrogen-bond donors (Lipinski definition) is 1. The first-order chi connectivity index (χ1) is 11.2. The first-order valence-corrected chi connectivity index (χ1v) is 7.07. The van der Waals surface area contributed by atoms with Gasteiger partial charge in [0, 0.05) is 12.7 Å². The molecule has 1 amide bonds. The predicted molar refractivity (Wildman–Crippen MR) is 83.0 cm³/mol. The SMILES string of the molecule is CN(C(=O)Oc1ccc(C[n+]2cnn[nH]2)cc1)c1ccccc1. The van der Waals surface area contributed by atoms with Crippen LogP contribution in [-0.2, 0) is 6.54 Å². The van der Waals surface area contributed by atoms with E-state index in [2.05, 4.69) is 15.5 Å². The van der Waals surface area contributed by atoms with Crippen molar-refractivity contribution in [2.45, 2.75) is 6.54 Å². The Labute approximate surface area is 133 Å². The Kier molecular flexibility index (Phi) is 4.28. The van der Waals surface area contributed by atoms with Crippen LogP contribution in [0.3, 0.4) is 0 Å². The zero-order chi connectivity index (χ0) is 16.1. The molecular weight excluding hydrogens is 294 g/mol. The van der Waals surface area contributed by atoms with Crippen molar-refractivity contribution < 1.29 is 14.2 Å². The van der Waals surface area contributed by atoms with E-state index >= 15 is 0 Å². The van der Waals surface area contributed by atoms with Gasteiger partial charge in [0.05, 0.1) is 0 Å². The monoisotopic (exact) mass is 310 g/mol. The van der Waals surface area contributed by atoms with E-state index in [0.717, 1.165) is 11.3 Å². The maximum Gasteiger partial charge on any atom is 0.419 e. The molecule has 3 rings (SSSR count). The van der Waals surface area contributed by atoms with Crippen LogP contribution in [0, 0.1) is 0 Å². The highest BCUT2D eigenvalue weighted by atomic mass is 16.6. The lowest BCUT2D eigenvalue weighted by molar-refractivity contribution is -0.746. The normalized spacial score (nSPS) is 10.3. The molecule has 7 heteroatoms. The summed E-state index contributed by atoms with van der Waals surface area (Å²) in [7, 11) is 1.67. The molecule has 0 aliphatic heterocycles. The van der Waals surface area contributed by atoms with E-state index in [1.807, 2.05) is 42.5 Å². The molecule has 0 unspecified atom stereocenters. The molecule has 3 aromatic rings. The smallest absolute Gasteiger partial charge is 0.410 e. The van der Waals surface area contributed by atoms with Crippen molar-refractivity contribution in [3.8, 4) is 5.75 Å². The number of benzene rings is 2. The molecule has 0 bridgehead atoms. The second-order valence-electron chi connectivity index (χ2n) is 4.97. The van der Waals surface area contributed by atoms with Gasteiger partial charge in [-0.15, -0.1) is 0 Å². The molecule has 1 heterocycles. The summed E-state index contributed by atoms with van der Waals surface area (Å²) in [6.07, 6.45) is 1.17. The molecule has 7 nitrogen and oxygen atoms in total. The Balaban J connectivity index is 1.62. The lowest BCUT2D eigenvalue weighted by atomic mass is 10.2. The Bertz CT molecular complexity index is 757. The number of anilines is 1. The van der Waals surface area contributed by atoms with E-state index in [1.54, 1.807) is 30.2 Å². The summed E-state index contributed by atoms with van der Waals surface area (Å²) in [5.74, 6) is 0.495. The number of hydrogen-bond acceptors (Lipinski definition) is 4. The number of rotatable bonds is 4. The van der Waals surface area contributed by atoms with Crippen LogP contribution in [0.2, 0.25) is 0 Å². The number of aromatic amines is 1. The van der Waals surface area contributed by atoms with E-state index in [1.165, 1.54) is 4.90 Å². The lowest BCUT2D eigenvalue weighted by Gasteiger charge is -2.16. The van der Waals surface area contributed by atoms with Gasteiger partial charge in [0.15, 0.2) is 5.21 Å². The highest BCUT2D eigenvalue weighted by molar-refractivity contribution is 5.88. The van der Waals surface area contributed by atoms with E-state index < -0.39 is 6.09 Å². The first kappa shape index (κ1) is 14.7. The maximum atomic E-state index is 12.1. The van der Waals surface area contributed by atoms with Crippen LogP contribution in [0.1, 0.15) is 5.56 Å². The van der Waals surface area contributed by atoms with Crippen LogP contribution in [0.4, 0.5) is 10.5 Å². The summed E-state index contributed by atoms with van der Waals surface area (Å²) < 4.78 is 7.11. The topological polar surface area (TPSA) is 75.0 Å². The van der Waals surface area contributed by atoms with Crippen molar-refractivity contribution in [1.82, 2.24) is 15.5 Å². The number of carbonyl (C=O) groups is 1. The molecule has 0 aliphatic carbocycles. The molecule has 0 spiro atoms. The fraction of sp³-hybridized carbons (Fsp3) is 0.125. The van der Waals surface area contributed by atoms with Crippen LogP contribution in [-0.4, -0.2) is 28.7 Å². The van der Waals surface area contributed by atoms with Gasteiger partial charge in [-0.2, -0.15) is 4.68 Å². The van der Waals surface area contributed by atoms with Crippen molar-refractivity contribution in [3.05, 3.63) is 66.5 Å². The van der Waals surface area contributed by atoms with E-state index in [0.29, 0.717) is 12.3 Å². The largest absolute Gasteiger partial charge is 0.419 e. The van der Waals surface area contributed by atoms with Gasteiger partial charge in [-0.25, -0.2) is 4.79 Å². The van der Waals surface area contributed by atoms with Gasteiger partial charge in [-0.3, -0.25) is 4.90 Å². The molecule has 1 N–H and O–H groups in total. The number of amides is 1. The zero-order valence-corrected chi connectivity index (χ0v) is 12.6. The third-order valence-electron chi connectivity index (χ3n) is 3.32. The summed E-state index contributed by atoms with van der Waals surface area (Å²) >= 11 is 0. The van der Waals surface area contributed by atoms with Gasteiger partial charge in [-0.05, 0) is 29.8 Å². The average molecular weight is 310 g/mol. The van der Waals surface area contributed by atoms with Gasteiger partial charge in [0.2, 0.25) is 0 Å². The molecule has 0 fully saturated rings. The number of H-pyrrole nitrogens is 1. The van der Waals surface area contributed by atoms with Crippen molar-refractivity contribution in [3.63, 3.8) is 0 Å². The average Bonchev–Trinajstić information content (AvgIpc) is 3.10. The van der Waals surface area contributed by atoms with Gasteiger partial charge in [-0.1, -0.05) is 35.5 Å². The Morgan fingerprint density at radius 2 is 1.91 bits per heavy atom.